The van der Waals surface area contributed by atoms with Gasteiger partial charge in [0.15, 0.2) is 0 Å². The number of nitrogens with two attached hydrogens (primary N) is 1. The van der Waals surface area contributed by atoms with E-state index >= 15 is 0 Å². The van der Waals surface area contributed by atoms with E-state index in [4.69, 9.17) is 16.9 Å². The van der Waals surface area contributed by atoms with Crippen molar-refractivity contribution in [2.24, 2.45) is 5.73 Å². The topological polar surface area (TPSA) is 157 Å². The molecule has 2 atom stereocenters. The Bertz CT molecular complexity index is 1090. The molecule has 2 unspecified atom stereocenters. The highest BCUT2D eigenvalue weighted by Gasteiger charge is 2.37. The quantitative estimate of drug-likeness (QED) is 0.156. The number of hydrogen-bond donors (Lipinski definition) is 3. The third-order valence-electron chi connectivity index (χ3n) is 6.04. The molecule has 11 nitrogen and oxygen atoms in total. The summed E-state index contributed by atoms with van der Waals surface area (Å²) in [5.41, 5.74) is 5.26. The number of rotatable bonds is 16. The molecule has 0 bridgehead atoms. The summed E-state index contributed by atoms with van der Waals surface area (Å²) in [5.74, 6) is -0.403. The molecule has 0 spiro atoms. The van der Waals surface area contributed by atoms with Gasteiger partial charge in [-0.25, -0.2) is 4.79 Å². The molecular formula is C30H44N4O7. The summed E-state index contributed by atoms with van der Waals surface area (Å²) in [6, 6.07) is 3.90. The van der Waals surface area contributed by atoms with Crippen LogP contribution in [0.2, 0.25) is 0 Å². The van der Waals surface area contributed by atoms with Gasteiger partial charge in [-0.15, -0.1) is 6.42 Å². The number of benzene rings is 1. The van der Waals surface area contributed by atoms with Crippen molar-refractivity contribution in [3.05, 3.63) is 35.4 Å². The number of nitrogens with one attached hydrogen (secondary N) is 2. The Morgan fingerprint density at radius 2 is 1.68 bits per heavy atom. The van der Waals surface area contributed by atoms with Crippen LogP contribution in [0.3, 0.4) is 0 Å². The fraction of sp³-hybridized carbons (Fsp3) is 0.567. The molecular weight excluding hydrogens is 528 g/mol. The molecule has 1 aromatic carbocycles. The normalized spacial score (nSPS) is 12.3. The monoisotopic (exact) mass is 572 g/mol. The summed E-state index contributed by atoms with van der Waals surface area (Å²) in [6.45, 7) is 6.73. The first kappa shape index (κ1) is 35.0. The van der Waals surface area contributed by atoms with Crippen LogP contribution in [-0.2, 0) is 28.7 Å². The average molecular weight is 573 g/mol. The molecule has 4 amide bonds. The minimum Gasteiger partial charge on any atom is -0.468 e. The van der Waals surface area contributed by atoms with Gasteiger partial charge in [0.05, 0.1) is 13.5 Å². The summed E-state index contributed by atoms with van der Waals surface area (Å²) >= 11 is 0. The van der Waals surface area contributed by atoms with Crippen LogP contribution in [0, 0.1) is 12.3 Å². The standard InChI is InChI=1S/C30H44N4O7/c1-7-9-10-11-12-15-18-34(28(38)23(19-24(31)35)33-29(39)41-30(3,4)5)26(27(37)32-20-25(36)40-6)22-17-14-13-16-21(22)8-2/h2,13-14,16-17,23,26H,7,9-12,15,18-20H2,1,3-6H3,(H2,31,35)(H,32,37)(H,33,39). The van der Waals surface area contributed by atoms with Gasteiger partial charge in [-0.3, -0.25) is 19.2 Å². The van der Waals surface area contributed by atoms with Crippen molar-refractivity contribution in [3.63, 3.8) is 0 Å². The van der Waals surface area contributed by atoms with E-state index in [1.54, 1.807) is 45.0 Å². The summed E-state index contributed by atoms with van der Waals surface area (Å²) in [5, 5.41) is 4.95. The number of carbonyl (C=O) groups is 5. The fourth-order valence-electron chi connectivity index (χ4n) is 4.13. The van der Waals surface area contributed by atoms with Crippen molar-refractivity contribution in [2.75, 3.05) is 20.2 Å². The molecule has 1 rings (SSSR count). The third kappa shape index (κ3) is 12.8. The minimum atomic E-state index is -1.42. The summed E-state index contributed by atoms with van der Waals surface area (Å²) in [6.07, 6.45) is 9.69. The third-order valence-corrected chi connectivity index (χ3v) is 6.04. The van der Waals surface area contributed by atoms with Crippen LogP contribution in [0.5, 0.6) is 0 Å². The van der Waals surface area contributed by atoms with Crippen LogP contribution < -0.4 is 16.4 Å². The van der Waals surface area contributed by atoms with Gasteiger partial charge in [-0.2, -0.15) is 0 Å². The Morgan fingerprint density at radius 3 is 2.27 bits per heavy atom. The van der Waals surface area contributed by atoms with Crippen LogP contribution in [0.15, 0.2) is 24.3 Å². The van der Waals surface area contributed by atoms with Crippen LogP contribution in [0.4, 0.5) is 4.79 Å². The van der Waals surface area contributed by atoms with Crippen molar-refractivity contribution in [1.82, 2.24) is 15.5 Å². The Labute approximate surface area is 242 Å². The maximum atomic E-state index is 14.1. The summed E-state index contributed by atoms with van der Waals surface area (Å²) < 4.78 is 9.93. The highest BCUT2D eigenvalue weighted by molar-refractivity contribution is 5.95. The number of nitrogens with zero attached hydrogens (tertiary/aromatic N) is 1. The van der Waals surface area contributed by atoms with Crippen molar-refractivity contribution >= 4 is 29.8 Å². The van der Waals surface area contributed by atoms with E-state index in [1.807, 2.05) is 0 Å². The molecule has 0 aliphatic rings. The number of ether oxygens (including phenoxy) is 2. The average Bonchev–Trinajstić information content (AvgIpc) is 2.90. The van der Waals surface area contributed by atoms with Crippen molar-refractivity contribution in [1.29, 1.82) is 0 Å². The fourth-order valence-corrected chi connectivity index (χ4v) is 4.13. The smallest absolute Gasteiger partial charge is 0.408 e. The van der Waals surface area contributed by atoms with Crippen LogP contribution in [0.1, 0.15) is 89.8 Å². The maximum absolute atomic E-state index is 14.1. The van der Waals surface area contributed by atoms with Gasteiger partial charge in [0.25, 0.3) is 0 Å². The Hall–Kier alpha value is -4.07. The van der Waals surface area contributed by atoms with Gasteiger partial charge in [0.2, 0.25) is 17.7 Å². The van der Waals surface area contributed by atoms with E-state index in [9.17, 15) is 24.0 Å². The van der Waals surface area contributed by atoms with E-state index in [2.05, 4.69) is 28.2 Å². The number of terminal acetylenes is 1. The van der Waals surface area contributed by atoms with Crippen LogP contribution >= 0.6 is 0 Å². The number of hydrogen-bond acceptors (Lipinski definition) is 7. The molecule has 1 aromatic rings. The van der Waals surface area contributed by atoms with Crippen molar-refractivity contribution in [3.8, 4) is 12.3 Å². The van der Waals surface area contributed by atoms with E-state index in [-0.39, 0.29) is 6.54 Å². The first-order valence-electron chi connectivity index (χ1n) is 13.8. The lowest BCUT2D eigenvalue weighted by Gasteiger charge is -2.34. The van der Waals surface area contributed by atoms with Crippen LogP contribution in [-0.4, -0.2) is 66.5 Å². The molecule has 0 aliphatic carbocycles. The summed E-state index contributed by atoms with van der Waals surface area (Å²) in [7, 11) is 1.19. The number of methoxy groups -OCH3 is 1. The molecule has 0 aliphatic heterocycles. The molecule has 11 heteroatoms. The zero-order chi connectivity index (χ0) is 31.0. The SMILES string of the molecule is C#Cc1ccccc1C(C(=O)NCC(=O)OC)N(CCCCCCCC)C(=O)C(CC(N)=O)NC(=O)OC(C)(C)C. The largest absolute Gasteiger partial charge is 0.468 e. The van der Waals surface area contributed by atoms with Crippen molar-refractivity contribution < 1.29 is 33.4 Å². The lowest BCUT2D eigenvalue weighted by Crippen LogP contribution is -2.54. The number of carbonyl (C=O) groups excluding carboxylic acids is 5. The van der Waals surface area contributed by atoms with Crippen molar-refractivity contribution in [2.45, 2.75) is 90.3 Å². The summed E-state index contributed by atoms with van der Waals surface area (Å²) in [4.78, 5) is 65.3. The minimum absolute atomic E-state index is 0.103. The predicted molar refractivity (Wildman–Crippen MR) is 154 cm³/mol. The molecule has 41 heavy (non-hydrogen) atoms. The molecule has 4 N–H and O–H groups in total. The van der Waals surface area contributed by atoms with E-state index in [1.165, 1.54) is 12.0 Å². The molecule has 0 aromatic heterocycles. The van der Waals surface area contributed by atoms with Gasteiger partial charge in [-0.1, -0.05) is 63.1 Å². The number of amides is 4. The Balaban J connectivity index is 3.55. The maximum Gasteiger partial charge on any atom is 0.408 e. The predicted octanol–water partition coefficient (Wildman–Crippen LogP) is 2.96. The highest BCUT2D eigenvalue weighted by Crippen LogP contribution is 2.27. The molecule has 0 radical (unpaired) electrons. The second-order valence-corrected chi connectivity index (χ2v) is 10.6. The van der Waals surface area contributed by atoms with Crippen LogP contribution in [0.25, 0.3) is 0 Å². The van der Waals surface area contributed by atoms with Gasteiger partial charge in [0, 0.05) is 12.1 Å². The van der Waals surface area contributed by atoms with Gasteiger partial charge in [0.1, 0.15) is 24.2 Å². The van der Waals surface area contributed by atoms with Gasteiger partial charge in [-0.05, 0) is 38.8 Å². The van der Waals surface area contributed by atoms with E-state index in [0.29, 0.717) is 17.5 Å². The van der Waals surface area contributed by atoms with Gasteiger partial charge < -0.3 is 30.7 Å². The lowest BCUT2D eigenvalue weighted by atomic mass is 9.96. The zero-order valence-corrected chi connectivity index (χ0v) is 24.8. The second-order valence-electron chi connectivity index (χ2n) is 10.6. The number of esters is 1. The number of unbranched alkanes of at least 4 members (excludes halogenated alkanes) is 5. The molecule has 0 saturated heterocycles. The van der Waals surface area contributed by atoms with Gasteiger partial charge >= 0.3 is 12.1 Å². The molecule has 0 saturated carbocycles. The van der Waals surface area contributed by atoms with E-state index in [0.717, 1.165) is 32.1 Å². The number of primary amides is 1. The lowest BCUT2D eigenvalue weighted by molar-refractivity contribution is -0.145. The first-order valence-corrected chi connectivity index (χ1v) is 13.8. The highest BCUT2D eigenvalue weighted by atomic mass is 16.6. The number of alkyl carbamates (subject to hydrolysis) is 1. The Kier molecular flexibility index (Phi) is 15.0. The first-order chi connectivity index (χ1) is 19.3. The van der Waals surface area contributed by atoms with E-state index < -0.39 is 60.4 Å². The zero-order valence-electron chi connectivity index (χ0n) is 24.8. The molecule has 0 fully saturated rings. The molecule has 226 valence electrons. The Morgan fingerprint density at radius 1 is 1.05 bits per heavy atom. The second kappa shape index (κ2) is 17.6. The molecule has 0 heterocycles.